The zero-order valence-electron chi connectivity index (χ0n) is 19.1. The first kappa shape index (κ1) is 21.3. The highest BCUT2D eigenvalue weighted by Crippen LogP contribution is 2.42. The predicted molar refractivity (Wildman–Crippen MR) is 126 cm³/mol. The topological polar surface area (TPSA) is 45.3 Å². The molecule has 32 heavy (non-hydrogen) atoms. The van der Waals surface area contributed by atoms with Gasteiger partial charge in [0.1, 0.15) is 11.5 Å². The monoisotopic (exact) mass is 435 g/mol. The highest BCUT2D eigenvalue weighted by molar-refractivity contribution is 6.02. The third-order valence-electron chi connectivity index (χ3n) is 7.44. The van der Waals surface area contributed by atoms with Gasteiger partial charge in [0.25, 0.3) is 0 Å². The van der Waals surface area contributed by atoms with Crippen molar-refractivity contribution in [1.82, 2.24) is 9.80 Å². The van der Waals surface area contributed by atoms with Gasteiger partial charge in [-0.1, -0.05) is 30.3 Å². The van der Waals surface area contributed by atoms with E-state index in [4.69, 9.17) is 9.47 Å². The van der Waals surface area contributed by atoms with Crippen molar-refractivity contribution in [2.24, 2.45) is 0 Å². The zero-order valence-corrected chi connectivity index (χ0v) is 19.1. The molecule has 0 N–H and O–H groups in total. The first-order valence-electron chi connectivity index (χ1n) is 11.7. The smallest absolute Gasteiger partial charge is 0.244 e. The Balaban J connectivity index is 1.19. The molecule has 2 aromatic rings. The number of carbonyl (C=O) groups excluding carboxylic acids is 1. The molecular weight excluding hydrogens is 402 g/mol. The number of hydrogen-bond acceptors (Lipinski definition) is 5. The largest absolute Gasteiger partial charge is 0.497 e. The maximum Gasteiger partial charge on any atom is 0.244 e. The van der Waals surface area contributed by atoms with Crippen LogP contribution in [-0.4, -0.2) is 74.2 Å². The molecule has 3 saturated heterocycles. The molecule has 3 aliphatic rings. The number of piperidine rings is 1. The van der Waals surface area contributed by atoms with Crippen molar-refractivity contribution in [3.63, 3.8) is 0 Å². The number of methoxy groups -OCH3 is 2. The highest BCUT2D eigenvalue weighted by Gasteiger charge is 2.52. The van der Waals surface area contributed by atoms with Crippen LogP contribution in [0.3, 0.4) is 0 Å². The van der Waals surface area contributed by atoms with Crippen molar-refractivity contribution >= 4 is 11.6 Å². The Morgan fingerprint density at radius 2 is 1.75 bits per heavy atom. The van der Waals surface area contributed by atoms with Gasteiger partial charge in [-0.05, 0) is 56.5 Å². The van der Waals surface area contributed by atoms with Crippen molar-refractivity contribution in [1.29, 1.82) is 0 Å². The summed E-state index contributed by atoms with van der Waals surface area (Å²) in [7, 11) is 3.31. The number of benzene rings is 2. The normalized spacial score (nSPS) is 24.3. The lowest BCUT2D eigenvalue weighted by Gasteiger charge is -2.42. The van der Waals surface area contributed by atoms with E-state index >= 15 is 0 Å². The number of amides is 1. The molecule has 0 spiro atoms. The maximum absolute atomic E-state index is 13.4. The average Bonchev–Trinajstić information content (AvgIpc) is 3.41. The summed E-state index contributed by atoms with van der Waals surface area (Å²) in [5, 5.41) is 0. The summed E-state index contributed by atoms with van der Waals surface area (Å²) < 4.78 is 10.9. The van der Waals surface area contributed by atoms with Crippen molar-refractivity contribution in [2.75, 3.05) is 45.3 Å². The lowest BCUT2D eigenvalue weighted by Crippen LogP contribution is -2.56. The van der Waals surface area contributed by atoms with Gasteiger partial charge >= 0.3 is 0 Å². The number of carbonyl (C=O) groups is 1. The van der Waals surface area contributed by atoms with Gasteiger partial charge in [0.15, 0.2) is 0 Å². The van der Waals surface area contributed by atoms with Crippen molar-refractivity contribution < 1.29 is 14.3 Å². The number of ether oxygens (including phenoxy) is 2. The number of hydrogen-bond donors (Lipinski definition) is 0. The van der Waals surface area contributed by atoms with Crippen LogP contribution in [0.25, 0.3) is 0 Å². The standard InChI is InChI=1S/C26H33N3O3/c1-31-22-8-9-25(32-2)23(17-22)29-21-16-24(26(29)30)28(18-21)20-11-14-27(15-12-20)13-10-19-6-4-3-5-7-19/h3-9,17,20-21,24H,10-16,18H2,1-2H3/t21-,24-/m1/s1. The van der Waals surface area contributed by atoms with Gasteiger partial charge in [0.2, 0.25) is 5.91 Å². The van der Waals surface area contributed by atoms with Gasteiger partial charge in [0.05, 0.1) is 32.0 Å². The minimum atomic E-state index is -0.00299. The van der Waals surface area contributed by atoms with Crippen LogP contribution in [0.5, 0.6) is 11.5 Å². The molecule has 3 heterocycles. The van der Waals surface area contributed by atoms with Gasteiger partial charge < -0.3 is 19.3 Å². The molecule has 3 aliphatic heterocycles. The molecule has 5 rings (SSSR count). The number of nitrogens with zero attached hydrogens (tertiary/aromatic N) is 3. The number of piperazine rings is 1. The SMILES string of the molecule is COc1ccc(OC)c(N2C(=O)[C@H]3C[C@@H]2CN3C2CCN(CCc3ccccc3)CC2)c1. The highest BCUT2D eigenvalue weighted by atomic mass is 16.5. The van der Waals surface area contributed by atoms with E-state index in [1.54, 1.807) is 14.2 Å². The summed E-state index contributed by atoms with van der Waals surface area (Å²) in [4.78, 5) is 20.4. The van der Waals surface area contributed by atoms with Crippen molar-refractivity contribution in [2.45, 2.75) is 43.8 Å². The number of likely N-dealkylation sites (tertiary alicyclic amines) is 2. The minimum Gasteiger partial charge on any atom is -0.497 e. The molecule has 2 atom stereocenters. The van der Waals surface area contributed by atoms with E-state index in [0.717, 1.165) is 69.0 Å². The van der Waals surface area contributed by atoms with E-state index in [-0.39, 0.29) is 18.0 Å². The molecule has 2 bridgehead atoms. The van der Waals surface area contributed by atoms with Crippen LogP contribution in [-0.2, 0) is 11.2 Å². The summed E-state index contributed by atoms with van der Waals surface area (Å²) in [5.74, 6) is 1.68. The van der Waals surface area contributed by atoms with E-state index in [1.165, 1.54) is 5.56 Å². The Morgan fingerprint density at radius 3 is 2.44 bits per heavy atom. The Labute approximate surface area is 190 Å². The van der Waals surface area contributed by atoms with Gasteiger partial charge in [0, 0.05) is 25.2 Å². The summed E-state index contributed by atoms with van der Waals surface area (Å²) >= 11 is 0. The predicted octanol–water partition coefficient (Wildman–Crippen LogP) is 3.20. The molecule has 6 heteroatoms. The van der Waals surface area contributed by atoms with Crippen molar-refractivity contribution in [3.05, 3.63) is 54.1 Å². The average molecular weight is 436 g/mol. The van der Waals surface area contributed by atoms with E-state index in [9.17, 15) is 4.79 Å². The van der Waals surface area contributed by atoms with E-state index in [0.29, 0.717) is 6.04 Å². The first-order chi connectivity index (χ1) is 15.7. The molecule has 2 aromatic carbocycles. The molecular formula is C26H33N3O3. The lowest BCUT2D eigenvalue weighted by molar-refractivity contribution is -0.124. The Kier molecular flexibility index (Phi) is 6.07. The Hall–Kier alpha value is -2.57. The first-order valence-corrected chi connectivity index (χ1v) is 11.7. The van der Waals surface area contributed by atoms with Crippen LogP contribution >= 0.6 is 0 Å². The minimum absolute atomic E-state index is 0.00299. The van der Waals surface area contributed by atoms with E-state index < -0.39 is 0 Å². The van der Waals surface area contributed by atoms with Crippen LogP contribution in [0.1, 0.15) is 24.8 Å². The lowest BCUT2D eigenvalue weighted by atomic mass is 10.0. The molecule has 1 amide bonds. The third kappa shape index (κ3) is 3.97. The van der Waals surface area contributed by atoms with Crippen LogP contribution < -0.4 is 14.4 Å². The quantitative estimate of drug-likeness (QED) is 0.668. The second-order valence-electron chi connectivity index (χ2n) is 9.16. The number of anilines is 1. The fraction of sp³-hybridized carbons (Fsp3) is 0.500. The van der Waals surface area contributed by atoms with E-state index in [2.05, 4.69) is 40.1 Å². The van der Waals surface area contributed by atoms with Gasteiger partial charge in [-0.2, -0.15) is 0 Å². The van der Waals surface area contributed by atoms with Crippen LogP contribution in [0.2, 0.25) is 0 Å². The van der Waals surface area contributed by atoms with Crippen molar-refractivity contribution in [3.8, 4) is 11.5 Å². The Bertz CT molecular complexity index is 943. The molecule has 0 aromatic heterocycles. The molecule has 3 fully saturated rings. The fourth-order valence-electron chi connectivity index (χ4n) is 5.72. The zero-order chi connectivity index (χ0) is 22.1. The van der Waals surface area contributed by atoms with E-state index in [1.807, 2.05) is 23.1 Å². The summed E-state index contributed by atoms with van der Waals surface area (Å²) in [6, 6.07) is 17.1. The second kappa shape index (κ2) is 9.12. The van der Waals surface area contributed by atoms with Crippen LogP contribution in [0, 0.1) is 0 Å². The molecule has 0 unspecified atom stereocenters. The molecule has 0 aliphatic carbocycles. The van der Waals surface area contributed by atoms with Gasteiger partial charge in [-0.15, -0.1) is 0 Å². The van der Waals surface area contributed by atoms with Gasteiger partial charge in [-0.25, -0.2) is 0 Å². The molecule has 170 valence electrons. The van der Waals surface area contributed by atoms with Gasteiger partial charge in [-0.3, -0.25) is 9.69 Å². The summed E-state index contributed by atoms with van der Waals surface area (Å²) in [5.41, 5.74) is 2.24. The molecule has 6 nitrogen and oxygen atoms in total. The number of rotatable bonds is 7. The third-order valence-corrected chi connectivity index (χ3v) is 7.44. The molecule has 0 saturated carbocycles. The Morgan fingerprint density at radius 1 is 0.969 bits per heavy atom. The summed E-state index contributed by atoms with van der Waals surface area (Å²) in [6.07, 6.45) is 4.31. The molecule has 0 radical (unpaired) electrons. The summed E-state index contributed by atoms with van der Waals surface area (Å²) in [6.45, 7) is 4.30. The second-order valence-corrected chi connectivity index (χ2v) is 9.16. The van der Waals surface area contributed by atoms with Crippen LogP contribution in [0.4, 0.5) is 5.69 Å². The van der Waals surface area contributed by atoms with Crippen LogP contribution in [0.15, 0.2) is 48.5 Å². The fourth-order valence-corrected chi connectivity index (χ4v) is 5.72. The number of fused-ring (bicyclic) bond motifs is 2. The maximum atomic E-state index is 13.4.